The predicted octanol–water partition coefficient (Wildman–Crippen LogP) is 24.8. The first-order valence-corrected chi connectivity index (χ1v) is 44.1. The summed E-state index contributed by atoms with van der Waals surface area (Å²) < 4.78 is 8.29. The van der Waals surface area contributed by atoms with Crippen LogP contribution in [0.25, 0.3) is 0 Å². The Morgan fingerprint density at radius 2 is 0.422 bits per heavy atom. The van der Waals surface area contributed by atoms with Gasteiger partial charge in [-0.3, -0.25) is 0 Å². The van der Waals surface area contributed by atoms with Gasteiger partial charge in [-0.15, -0.1) is 0 Å². The first-order chi connectivity index (χ1) is 63.5. The van der Waals surface area contributed by atoms with Crippen molar-refractivity contribution in [1.29, 1.82) is 0 Å². The molecule has 0 saturated carbocycles. The molecule has 7 aliphatic rings. The van der Waals surface area contributed by atoms with Gasteiger partial charge in [0.05, 0.1) is 11.4 Å². The monoisotopic (exact) mass is 1630 g/mol. The standard InChI is InChI=1S/C115H78B3N9O/c1-77-66-104-110-105(67-77)125(88-58-34-12-35-59-88)102-75-103-97(74-96(102)116(110)94-68-90(62-64-100(94)123(104)86-54-30-10-31-55-86)119(78-38-14-2-15-39-78)79-40-16-3-17-41-79)118-99-71-93(122(84-50-26-8-27-51-84)85-52-28-9-29-53-85)73-109-114(99)127-113-98(70-92(72-108(113)128-109)121(82-46-22-6-23-47-82)83-48-24-7-25-49-83)117-95-69-91(120(80-42-18-4-19-43-80)81-44-20-5-21-45-81)63-65-101(95)124(87-56-32-11-33-57-87)106-76-107(112(118)115(127)111(106)117)126(103)89-60-36-13-37-61-89/h2-76H,1H3. The largest absolute Gasteiger partial charge is 0.453 e. The van der Waals surface area contributed by atoms with Crippen molar-refractivity contribution >= 4 is 223 Å². The van der Waals surface area contributed by atoms with Crippen LogP contribution >= 0.6 is 0 Å². The fraction of sp³-hybridized carbons (Fsp3) is 0.00870. The highest BCUT2D eigenvalue weighted by Crippen LogP contribution is 2.60. The first-order valence-electron chi connectivity index (χ1n) is 44.1. The van der Waals surface area contributed by atoms with Gasteiger partial charge in [-0.25, -0.2) is 0 Å². The molecule has 598 valence electrons. The van der Waals surface area contributed by atoms with Crippen LogP contribution in [0.2, 0.25) is 0 Å². The zero-order valence-corrected chi connectivity index (χ0v) is 70.0. The first kappa shape index (κ1) is 73.0. The zero-order valence-electron chi connectivity index (χ0n) is 70.0. The van der Waals surface area contributed by atoms with Gasteiger partial charge in [0.15, 0.2) is 11.5 Å². The van der Waals surface area contributed by atoms with Crippen molar-refractivity contribution in [3.63, 3.8) is 0 Å². The van der Waals surface area contributed by atoms with Crippen LogP contribution in [-0.4, -0.2) is 20.1 Å². The van der Waals surface area contributed by atoms with Gasteiger partial charge in [-0.2, -0.15) is 0 Å². The summed E-state index contributed by atoms with van der Waals surface area (Å²) in [5.41, 5.74) is 40.4. The molecular weight excluding hydrogens is 1560 g/mol. The number of hydrogen-bond acceptors (Lipinski definition) is 10. The maximum absolute atomic E-state index is 8.29. The van der Waals surface area contributed by atoms with Crippen LogP contribution in [0.3, 0.4) is 0 Å². The van der Waals surface area contributed by atoms with E-state index in [4.69, 9.17) is 4.74 Å². The molecule has 7 heterocycles. The van der Waals surface area contributed by atoms with E-state index in [9.17, 15) is 0 Å². The minimum absolute atomic E-state index is 0.316. The molecule has 13 heteroatoms. The van der Waals surface area contributed by atoms with E-state index in [1.807, 2.05) is 0 Å². The van der Waals surface area contributed by atoms with Crippen LogP contribution in [0.5, 0.6) is 11.5 Å². The third kappa shape index (κ3) is 11.3. The van der Waals surface area contributed by atoms with E-state index in [2.05, 4.69) is 506 Å². The summed E-state index contributed by atoms with van der Waals surface area (Å²) in [6, 6.07) is 168. The Morgan fingerprint density at radius 1 is 0.180 bits per heavy atom. The number of ether oxygens (including phenoxy) is 1. The number of hydrogen-bond donors (Lipinski definition) is 0. The minimum Gasteiger partial charge on any atom is -0.453 e. The second-order valence-electron chi connectivity index (χ2n) is 34.0. The molecular formula is C115H78B3N9O. The lowest BCUT2D eigenvalue weighted by molar-refractivity contribution is 0.478. The minimum atomic E-state index is -0.447. The molecule has 0 unspecified atom stereocenters. The molecule has 10 nitrogen and oxygen atoms in total. The molecule has 0 radical (unpaired) electrons. The lowest BCUT2D eigenvalue weighted by Gasteiger charge is -2.53. The van der Waals surface area contributed by atoms with Gasteiger partial charge in [0.1, 0.15) is 0 Å². The lowest BCUT2D eigenvalue weighted by atomic mass is 9.27. The molecule has 0 aliphatic carbocycles. The number of benzene rings is 19. The van der Waals surface area contributed by atoms with Crippen molar-refractivity contribution in [2.45, 2.75) is 6.92 Å². The molecule has 19 aromatic carbocycles. The van der Waals surface area contributed by atoms with Crippen molar-refractivity contribution < 1.29 is 4.74 Å². The Balaban J connectivity index is 0.814. The Morgan fingerprint density at radius 3 is 0.727 bits per heavy atom. The summed E-state index contributed by atoms with van der Waals surface area (Å²) in [7, 11) is 0. The van der Waals surface area contributed by atoms with Gasteiger partial charge < -0.3 is 48.8 Å². The second kappa shape index (κ2) is 29.3. The molecule has 128 heavy (non-hydrogen) atoms. The van der Waals surface area contributed by atoms with E-state index < -0.39 is 13.4 Å². The number of nitrogens with zero attached hydrogens (tertiary/aromatic N) is 9. The molecule has 0 aromatic heterocycles. The maximum Gasteiger partial charge on any atom is 0.252 e. The predicted molar refractivity (Wildman–Crippen MR) is 537 cm³/mol. The molecule has 7 aliphatic heterocycles. The van der Waals surface area contributed by atoms with Crippen LogP contribution in [0.15, 0.2) is 455 Å². The average molecular weight is 1630 g/mol. The Kier molecular flexibility index (Phi) is 16.7. The normalized spacial score (nSPS) is 13.1. The Hall–Kier alpha value is -16.6. The van der Waals surface area contributed by atoms with Crippen molar-refractivity contribution in [2.24, 2.45) is 0 Å². The van der Waals surface area contributed by atoms with E-state index in [0.29, 0.717) is 0 Å². The molecule has 0 fully saturated rings. The van der Waals surface area contributed by atoms with Crippen LogP contribution in [0, 0.1) is 6.92 Å². The van der Waals surface area contributed by atoms with E-state index in [-0.39, 0.29) is 6.71 Å². The average Bonchev–Trinajstić information content (AvgIpc) is 0.654. The van der Waals surface area contributed by atoms with Crippen molar-refractivity contribution in [3.05, 3.63) is 461 Å². The van der Waals surface area contributed by atoms with E-state index in [1.165, 1.54) is 32.8 Å². The summed E-state index contributed by atoms with van der Waals surface area (Å²) >= 11 is 0. The lowest BCUT2D eigenvalue weighted by Crippen LogP contribution is -2.69. The van der Waals surface area contributed by atoms with Gasteiger partial charge >= 0.3 is 0 Å². The van der Waals surface area contributed by atoms with Crippen molar-refractivity contribution in [3.8, 4) is 11.5 Å². The number of anilines is 27. The number of aryl methyl sites for hydroxylation is 1. The third-order valence-electron chi connectivity index (χ3n) is 26.7. The van der Waals surface area contributed by atoms with Gasteiger partial charge in [0.2, 0.25) is 0 Å². The Bertz CT molecular complexity index is 7440. The summed E-state index contributed by atoms with van der Waals surface area (Å²) in [5.74, 6) is 1.51. The van der Waals surface area contributed by atoms with Crippen LogP contribution in [-0.2, 0) is 0 Å². The number of rotatable bonds is 16. The van der Waals surface area contributed by atoms with Gasteiger partial charge in [-0.05, 0) is 280 Å². The van der Waals surface area contributed by atoms with Crippen molar-refractivity contribution in [1.82, 2.24) is 0 Å². The quantitative estimate of drug-likeness (QED) is 0.0874. The molecule has 0 atom stereocenters. The highest BCUT2D eigenvalue weighted by atomic mass is 16.5. The maximum atomic E-state index is 8.29. The highest BCUT2D eigenvalue weighted by Gasteiger charge is 2.56. The van der Waals surface area contributed by atoms with Gasteiger partial charge in [0.25, 0.3) is 20.1 Å². The fourth-order valence-electron chi connectivity index (χ4n) is 21.8. The Labute approximate surface area is 745 Å². The highest BCUT2D eigenvalue weighted by molar-refractivity contribution is 7.06. The second-order valence-corrected chi connectivity index (χ2v) is 34.0. The zero-order chi connectivity index (χ0) is 84.2. The van der Waals surface area contributed by atoms with Crippen LogP contribution in [0.4, 0.5) is 154 Å². The fourth-order valence-corrected chi connectivity index (χ4v) is 21.8. The molecule has 0 amide bonds. The molecule has 26 rings (SSSR count). The van der Waals surface area contributed by atoms with Crippen LogP contribution < -0.4 is 98.0 Å². The van der Waals surface area contributed by atoms with E-state index in [1.54, 1.807) is 0 Å². The molecule has 0 saturated heterocycles. The third-order valence-corrected chi connectivity index (χ3v) is 26.7. The summed E-state index contributed by atoms with van der Waals surface area (Å²) in [6.07, 6.45) is 0. The number of para-hydroxylation sites is 12. The molecule has 19 aromatic rings. The summed E-state index contributed by atoms with van der Waals surface area (Å²) in [6.45, 7) is 1.11. The topological polar surface area (TPSA) is 38.4 Å². The van der Waals surface area contributed by atoms with E-state index in [0.717, 1.165) is 187 Å². The molecule has 0 bridgehead atoms. The molecule has 0 N–H and O–H groups in total. The van der Waals surface area contributed by atoms with Gasteiger partial charge in [-0.1, -0.05) is 224 Å². The SMILES string of the molecule is Cc1cc2c3c(c1)N(c1ccccc1)c1cc4c(cc1B3c1cc(N(c3ccccc3)c3ccccc3)ccc1N2c1ccccc1)B1c2cc(N(c3ccccc3)c3ccccc3)cc3c2N2c5c(cc(N(c6ccccc6)c6ccccc6)cc5B5c6cc(N(c7ccccc7)c7ccccc7)ccc6N(c6ccccc6)c6cc(c1c2c65)N4c1ccccc1)O3. The summed E-state index contributed by atoms with van der Waals surface area (Å²) in [4.78, 5) is 22.7. The molecule has 0 spiro atoms. The van der Waals surface area contributed by atoms with Crippen molar-refractivity contribution in [2.75, 3.05) is 44.1 Å². The summed E-state index contributed by atoms with van der Waals surface area (Å²) in [5, 5.41) is 0. The van der Waals surface area contributed by atoms with Gasteiger partial charge in [0, 0.05) is 154 Å². The van der Waals surface area contributed by atoms with Crippen LogP contribution in [0.1, 0.15) is 5.56 Å². The van der Waals surface area contributed by atoms with E-state index >= 15 is 0 Å². The number of fused-ring (bicyclic) bond motifs is 10. The smallest absolute Gasteiger partial charge is 0.252 e.